The molecule has 0 aliphatic heterocycles. The van der Waals surface area contributed by atoms with Crippen molar-refractivity contribution in [1.82, 2.24) is 20.2 Å². The highest BCUT2D eigenvalue weighted by Gasteiger charge is 2.12. The molecule has 24 heavy (non-hydrogen) atoms. The van der Waals surface area contributed by atoms with Gasteiger partial charge in [-0.25, -0.2) is 0 Å². The Morgan fingerprint density at radius 2 is 1.62 bits per heavy atom. The molecule has 1 aromatic heterocycles. The number of aryl methyl sites for hydroxylation is 2. The lowest BCUT2D eigenvalue weighted by molar-refractivity contribution is 0.282. The molecule has 3 aromatic rings. The molecular formula is C18H20N4OS. The fourth-order valence-electron chi connectivity index (χ4n) is 2.61. The fourth-order valence-corrected chi connectivity index (χ4v) is 3.50. The molecule has 0 aliphatic rings. The summed E-state index contributed by atoms with van der Waals surface area (Å²) in [4.78, 5) is 0. The van der Waals surface area contributed by atoms with Crippen molar-refractivity contribution in [2.75, 3.05) is 0 Å². The minimum atomic E-state index is 0.0813. The molecule has 0 radical (unpaired) electrons. The average Bonchev–Trinajstić information content (AvgIpc) is 3.03. The van der Waals surface area contributed by atoms with Crippen LogP contribution in [0.4, 0.5) is 0 Å². The highest BCUT2D eigenvalue weighted by Crippen LogP contribution is 2.22. The van der Waals surface area contributed by atoms with E-state index < -0.39 is 0 Å². The minimum Gasteiger partial charge on any atom is -0.392 e. The highest BCUT2D eigenvalue weighted by atomic mass is 32.2. The molecule has 0 saturated heterocycles. The zero-order chi connectivity index (χ0) is 16.9. The van der Waals surface area contributed by atoms with Gasteiger partial charge in [0.25, 0.3) is 0 Å². The quantitative estimate of drug-likeness (QED) is 0.746. The molecule has 1 heterocycles. The summed E-state index contributed by atoms with van der Waals surface area (Å²) in [7, 11) is 0. The van der Waals surface area contributed by atoms with Crippen LogP contribution < -0.4 is 0 Å². The molecule has 6 heteroatoms. The maximum Gasteiger partial charge on any atom is 0.166 e. The lowest BCUT2D eigenvalue weighted by Gasteiger charge is -2.10. The number of aliphatic hydroxyl groups is 1. The van der Waals surface area contributed by atoms with E-state index in [-0.39, 0.29) is 6.61 Å². The molecule has 0 amide bonds. The van der Waals surface area contributed by atoms with Crippen molar-refractivity contribution in [2.45, 2.75) is 32.0 Å². The predicted molar refractivity (Wildman–Crippen MR) is 96.0 cm³/mol. The van der Waals surface area contributed by atoms with Crippen LogP contribution in [0.5, 0.6) is 0 Å². The van der Waals surface area contributed by atoms with Gasteiger partial charge < -0.3 is 5.11 Å². The van der Waals surface area contributed by atoms with Crippen LogP contribution in [-0.4, -0.2) is 25.3 Å². The van der Waals surface area contributed by atoms with Crippen LogP contribution in [-0.2, 0) is 18.1 Å². The normalized spacial score (nSPS) is 11.0. The lowest BCUT2D eigenvalue weighted by Crippen LogP contribution is -2.06. The summed E-state index contributed by atoms with van der Waals surface area (Å²) in [6.07, 6.45) is 0. The first-order chi connectivity index (χ1) is 11.7. The number of hydrogen-bond acceptors (Lipinski definition) is 5. The molecule has 0 bridgehead atoms. The van der Waals surface area contributed by atoms with Crippen molar-refractivity contribution >= 4 is 11.8 Å². The van der Waals surface area contributed by atoms with Crippen LogP contribution in [0.2, 0.25) is 0 Å². The molecular weight excluding hydrogens is 320 g/mol. The summed E-state index contributed by atoms with van der Waals surface area (Å²) < 4.78 is 1.84. The van der Waals surface area contributed by atoms with E-state index >= 15 is 0 Å². The number of rotatable bonds is 6. The highest BCUT2D eigenvalue weighted by molar-refractivity contribution is 7.97. The predicted octanol–water partition coefficient (Wildman–Crippen LogP) is 3.20. The fraction of sp³-hybridized carbons (Fsp3) is 0.278. The Morgan fingerprint density at radius 1 is 0.958 bits per heavy atom. The zero-order valence-electron chi connectivity index (χ0n) is 13.8. The molecule has 5 nitrogen and oxygen atoms in total. The van der Waals surface area contributed by atoms with Gasteiger partial charge in [0.2, 0.25) is 0 Å². The van der Waals surface area contributed by atoms with Crippen molar-refractivity contribution in [1.29, 1.82) is 0 Å². The van der Waals surface area contributed by atoms with Crippen LogP contribution in [0.15, 0.2) is 42.5 Å². The number of tetrazole rings is 1. The summed E-state index contributed by atoms with van der Waals surface area (Å²) in [6, 6.07) is 14.2. The maximum absolute atomic E-state index is 9.08. The van der Waals surface area contributed by atoms with Gasteiger partial charge in [0.05, 0.1) is 18.0 Å². The number of nitrogens with zero attached hydrogens (tertiary/aromatic N) is 4. The Labute approximate surface area is 145 Å². The molecule has 2 aromatic carbocycles. The number of para-hydroxylation sites is 1. The van der Waals surface area contributed by atoms with Crippen LogP contribution in [0.25, 0.3) is 5.69 Å². The van der Waals surface area contributed by atoms with Crippen molar-refractivity contribution in [3.05, 3.63) is 70.5 Å². The molecule has 3 rings (SSSR count). The van der Waals surface area contributed by atoms with Gasteiger partial charge in [-0.3, -0.25) is 0 Å². The van der Waals surface area contributed by atoms with E-state index in [0.29, 0.717) is 0 Å². The number of thioether (sulfide) groups is 1. The topological polar surface area (TPSA) is 63.8 Å². The van der Waals surface area contributed by atoms with Crippen LogP contribution in [0, 0.1) is 13.8 Å². The third kappa shape index (κ3) is 3.66. The minimum absolute atomic E-state index is 0.0813. The molecule has 124 valence electrons. The van der Waals surface area contributed by atoms with Gasteiger partial charge in [0.1, 0.15) is 0 Å². The first-order valence-corrected chi connectivity index (χ1v) is 8.95. The van der Waals surface area contributed by atoms with Gasteiger partial charge in [-0.1, -0.05) is 42.5 Å². The zero-order valence-corrected chi connectivity index (χ0v) is 14.6. The summed E-state index contributed by atoms with van der Waals surface area (Å²) in [5.74, 6) is 2.47. The molecule has 0 atom stereocenters. The maximum atomic E-state index is 9.08. The third-order valence-corrected chi connectivity index (χ3v) is 4.89. The Morgan fingerprint density at radius 3 is 2.29 bits per heavy atom. The van der Waals surface area contributed by atoms with Gasteiger partial charge in [-0.15, -0.1) is 16.9 Å². The van der Waals surface area contributed by atoms with Crippen molar-refractivity contribution in [2.24, 2.45) is 0 Å². The second kappa shape index (κ2) is 7.59. The first kappa shape index (κ1) is 16.7. The summed E-state index contributed by atoms with van der Waals surface area (Å²) in [6.45, 7) is 4.23. The Kier molecular flexibility index (Phi) is 5.27. The smallest absolute Gasteiger partial charge is 0.166 e. The molecule has 0 saturated carbocycles. The van der Waals surface area contributed by atoms with E-state index in [1.54, 1.807) is 11.8 Å². The first-order valence-electron chi connectivity index (χ1n) is 7.79. The van der Waals surface area contributed by atoms with Gasteiger partial charge >= 0.3 is 0 Å². The Hall–Kier alpha value is -2.18. The van der Waals surface area contributed by atoms with E-state index in [1.165, 1.54) is 5.56 Å². The van der Waals surface area contributed by atoms with E-state index in [2.05, 4.69) is 41.5 Å². The number of aromatic nitrogens is 4. The van der Waals surface area contributed by atoms with Crippen LogP contribution in [0.3, 0.4) is 0 Å². The van der Waals surface area contributed by atoms with E-state index in [1.807, 2.05) is 35.0 Å². The molecule has 0 unspecified atom stereocenters. The standard InChI is InChI=1S/C18H20N4OS/c1-13-4-3-5-14(2)18(13)22-17(19-20-21-22)12-24-11-16-8-6-15(10-23)7-9-16/h3-9,23H,10-12H2,1-2H3. The number of benzene rings is 2. The summed E-state index contributed by atoms with van der Waals surface area (Å²) in [5, 5.41) is 21.3. The van der Waals surface area contributed by atoms with Crippen LogP contribution in [0.1, 0.15) is 28.1 Å². The van der Waals surface area contributed by atoms with Gasteiger partial charge in [-0.2, -0.15) is 4.68 Å². The molecule has 0 fully saturated rings. The second-order valence-electron chi connectivity index (χ2n) is 5.71. The van der Waals surface area contributed by atoms with E-state index in [9.17, 15) is 0 Å². The van der Waals surface area contributed by atoms with Crippen molar-refractivity contribution in [3.8, 4) is 5.69 Å². The van der Waals surface area contributed by atoms with E-state index in [4.69, 9.17) is 5.11 Å². The third-order valence-electron chi connectivity index (χ3n) is 3.89. The number of hydrogen-bond donors (Lipinski definition) is 1. The SMILES string of the molecule is Cc1cccc(C)c1-n1nnnc1CSCc1ccc(CO)cc1. The van der Waals surface area contributed by atoms with Crippen molar-refractivity contribution in [3.63, 3.8) is 0 Å². The van der Waals surface area contributed by atoms with Crippen molar-refractivity contribution < 1.29 is 5.11 Å². The van der Waals surface area contributed by atoms with Gasteiger partial charge in [-0.05, 0) is 46.5 Å². The summed E-state index contributed by atoms with van der Waals surface area (Å²) >= 11 is 1.77. The monoisotopic (exact) mass is 340 g/mol. The summed E-state index contributed by atoms with van der Waals surface area (Å²) in [5.41, 5.74) is 5.54. The molecule has 1 N–H and O–H groups in total. The molecule has 0 spiro atoms. The second-order valence-corrected chi connectivity index (χ2v) is 6.70. The van der Waals surface area contributed by atoms with E-state index in [0.717, 1.165) is 39.7 Å². The van der Waals surface area contributed by atoms with Gasteiger partial charge in [0, 0.05) is 5.75 Å². The number of aliphatic hydroxyl groups excluding tert-OH is 1. The Balaban J connectivity index is 1.70. The molecule has 0 aliphatic carbocycles. The largest absolute Gasteiger partial charge is 0.392 e. The Bertz CT molecular complexity index is 794. The van der Waals surface area contributed by atoms with Gasteiger partial charge in [0.15, 0.2) is 5.82 Å². The van der Waals surface area contributed by atoms with Crippen LogP contribution >= 0.6 is 11.8 Å². The average molecular weight is 340 g/mol. The lowest BCUT2D eigenvalue weighted by atomic mass is 10.1.